The SMILES string of the molecule is CC(C)CNCc1cc(Br)c(OCc2nccs2)c(Br)c1. The molecule has 0 bridgehead atoms. The van der Waals surface area contributed by atoms with E-state index in [0.717, 1.165) is 32.8 Å². The molecule has 0 amide bonds. The van der Waals surface area contributed by atoms with E-state index in [1.807, 2.05) is 5.38 Å². The summed E-state index contributed by atoms with van der Waals surface area (Å²) in [4.78, 5) is 4.22. The first-order chi connectivity index (χ1) is 10.1. The topological polar surface area (TPSA) is 34.1 Å². The standard InChI is InChI=1S/C15H18Br2N2OS/c1-10(2)7-18-8-11-5-12(16)15(13(17)6-11)20-9-14-19-3-4-21-14/h3-6,10,18H,7-9H2,1-2H3. The van der Waals surface area contributed by atoms with Gasteiger partial charge in [0, 0.05) is 18.1 Å². The number of thiazole rings is 1. The molecule has 0 aliphatic heterocycles. The highest BCUT2D eigenvalue weighted by Crippen LogP contribution is 2.35. The van der Waals surface area contributed by atoms with Crippen molar-refractivity contribution < 1.29 is 4.74 Å². The summed E-state index contributed by atoms with van der Waals surface area (Å²) in [5.41, 5.74) is 1.22. The molecule has 0 radical (unpaired) electrons. The minimum absolute atomic E-state index is 0.486. The molecule has 21 heavy (non-hydrogen) atoms. The van der Waals surface area contributed by atoms with Gasteiger partial charge in [0.15, 0.2) is 0 Å². The highest BCUT2D eigenvalue weighted by Gasteiger charge is 2.10. The average molecular weight is 434 g/mol. The number of halogens is 2. The number of hydrogen-bond acceptors (Lipinski definition) is 4. The van der Waals surface area contributed by atoms with Crippen molar-refractivity contribution in [2.24, 2.45) is 5.92 Å². The van der Waals surface area contributed by atoms with E-state index >= 15 is 0 Å². The van der Waals surface area contributed by atoms with E-state index in [4.69, 9.17) is 4.74 Å². The van der Waals surface area contributed by atoms with Gasteiger partial charge in [-0.1, -0.05) is 13.8 Å². The second-order valence-corrected chi connectivity index (χ2v) is 7.82. The maximum Gasteiger partial charge on any atom is 0.148 e. The number of hydrogen-bond donors (Lipinski definition) is 1. The van der Waals surface area contributed by atoms with Gasteiger partial charge in [0.1, 0.15) is 17.4 Å². The number of benzene rings is 1. The summed E-state index contributed by atoms with van der Waals surface area (Å²) in [6.45, 7) is 6.75. The quantitative estimate of drug-likeness (QED) is 0.667. The van der Waals surface area contributed by atoms with Crippen molar-refractivity contribution in [2.45, 2.75) is 27.0 Å². The van der Waals surface area contributed by atoms with E-state index in [2.05, 4.69) is 68.1 Å². The predicted octanol–water partition coefficient (Wildman–Crippen LogP) is 4.99. The van der Waals surface area contributed by atoms with E-state index in [1.54, 1.807) is 17.5 Å². The van der Waals surface area contributed by atoms with Gasteiger partial charge < -0.3 is 10.1 Å². The smallest absolute Gasteiger partial charge is 0.148 e. The fraction of sp³-hybridized carbons (Fsp3) is 0.400. The van der Waals surface area contributed by atoms with Crippen molar-refractivity contribution in [1.82, 2.24) is 10.3 Å². The van der Waals surface area contributed by atoms with Crippen molar-refractivity contribution in [3.63, 3.8) is 0 Å². The number of nitrogens with one attached hydrogen (secondary N) is 1. The molecule has 0 spiro atoms. The molecular weight excluding hydrogens is 416 g/mol. The lowest BCUT2D eigenvalue weighted by atomic mass is 10.2. The third-order valence-electron chi connectivity index (χ3n) is 2.76. The minimum Gasteiger partial charge on any atom is -0.484 e. The Morgan fingerprint density at radius 2 is 2.00 bits per heavy atom. The monoisotopic (exact) mass is 432 g/mol. The summed E-state index contributed by atoms with van der Waals surface area (Å²) in [6, 6.07) is 4.19. The Hall–Kier alpha value is -0.430. The molecule has 0 fully saturated rings. The highest BCUT2D eigenvalue weighted by molar-refractivity contribution is 9.11. The van der Waals surface area contributed by atoms with Crippen molar-refractivity contribution in [2.75, 3.05) is 6.54 Å². The Morgan fingerprint density at radius 3 is 2.57 bits per heavy atom. The lowest BCUT2D eigenvalue weighted by molar-refractivity contribution is 0.301. The molecule has 0 unspecified atom stereocenters. The largest absolute Gasteiger partial charge is 0.484 e. The molecular formula is C15H18Br2N2OS. The van der Waals surface area contributed by atoms with E-state index in [1.165, 1.54) is 5.56 Å². The van der Waals surface area contributed by atoms with Gasteiger partial charge in [-0.25, -0.2) is 4.98 Å². The van der Waals surface area contributed by atoms with Crippen LogP contribution in [0.25, 0.3) is 0 Å². The molecule has 2 rings (SSSR count). The molecule has 0 saturated carbocycles. The molecule has 0 atom stereocenters. The third kappa shape index (κ3) is 5.36. The van der Waals surface area contributed by atoms with Crippen LogP contribution < -0.4 is 10.1 Å². The lowest BCUT2D eigenvalue weighted by Crippen LogP contribution is -2.19. The van der Waals surface area contributed by atoms with Crippen LogP contribution in [0.1, 0.15) is 24.4 Å². The summed E-state index contributed by atoms with van der Waals surface area (Å²) in [5, 5.41) is 6.36. The van der Waals surface area contributed by atoms with Crippen molar-refractivity contribution >= 4 is 43.2 Å². The second kappa shape index (κ2) is 8.27. The van der Waals surface area contributed by atoms with Crippen LogP contribution >= 0.6 is 43.2 Å². The molecule has 114 valence electrons. The summed E-state index contributed by atoms with van der Waals surface area (Å²) >= 11 is 8.76. The molecule has 3 nitrogen and oxygen atoms in total. The zero-order valence-corrected chi connectivity index (χ0v) is 16.0. The average Bonchev–Trinajstić information content (AvgIpc) is 2.90. The zero-order valence-electron chi connectivity index (χ0n) is 12.0. The fourth-order valence-electron chi connectivity index (χ4n) is 1.82. The van der Waals surface area contributed by atoms with Crippen LogP contribution in [0.5, 0.6) is 5.75 Å². The Kier molecular flexibility index (Phi) is 6.67. The van der Waals surface area contributed by atoms with Crippen molar-refractivity contribution in [1.29, 1.82) is 0 Å². The molecule has 0 saturated heterocycles. The van der Waals surface area contributed by atoms with Crippen LogP contribution in [-0.2, 0) is 13.2 Å². The first-order valence-electron chi connectivity index (χ1n) is 6.76. The summed E-state index contributed by atoms with van der Waals surface area (Å²) < 4.78 is 7.75. The van der Waals surface area contributed by atoms with E-state index in [0.29, 0.717) is 12.5 Å². The molecule has 1 heterocycles. The Balaban J connectivity index is 1.99. The molecule has 1 aromatic carbocycles. The van der Waals surface area contributed by atoms with Gasteiger partial charge in [-0.05, 0) is 62.0 Å². The molecule has 6 heteroatoms. The Morgan fingerprint density at radius 1 is 1.29 bits per heavy atom. The molecule has 1 N–H and O–H groups in total. The van der Waals surface area contributed by atoms with E-state index in [9.17, 15) is 0 Å². The van der Waals surface area contributed by atoms with Crippen molar-refractivity contribution in [3.8, 4) is 5.75 Å². The van der Waals surface area contributed by atoms with Gasteiger partial charge >= 0.3 is 0 Å². The first-order valence-corrected chi connectivity index (χ1v) is 9.22. The summed E-state index contributed by atoms with van der Waals surface area (Å²) in [6.07, 6.45) is 1.79. The number of nitrogens with zero attached hydrogens (tertiary/aromatic N) is 1. The van der Waals surface area contributed by atoms with Crippen LogP contribution in [0.15, 0.2) is 32.7 Å². The fourth-order valence-corrected chi connectivity index (χ4v) is 3.85. The minimum atomic E-state index is 0.486. The number of ether oxygens (including phenoxy) is 1. The normalized spacial score (nSPS) is 11.1. The molecule has 2 aromatic rings. The Bertz CT molecular complexity index is 550. The van der Waals surface area contributed by atoms with Crippen LogP contribution in [0.2, 0.25) is 0 Å². The van der Waals surface area contributed by atoms with Crippen molar-refractivity contribution in [3.05, 3.63) is 43.2 Å². The van der Waals surface area contributed by atoms with Crippen LogP contribution in [0.3, 0.4) is 0 Å². The second-order valence-electron chi connectivity index (χ2n) is 5.13. The van der Waals surface area contributed by atoms with E-state index in [-0.39, 0.29) is 0 Å². The van der Waals surface area contributed by atoms with Gasteiger partial charge in [-0.15, -0.1) is 11.3 Å². The maximum atomic E-state index is 5.84. The zero-order chi connectivity index (χ0) is 15.2. The van der Waals surface area contributed by atoms with Gasteiger partial charge in [0.25, 0.3) is 0 Å². The molecule has 1 aromatic heterocycles. The van der Waals surface area contributed by atoms with Gasteiger partial charge in [0.2, 0.25) is 0 Å². The van der Waals surface area contributed by atoms with Crippen LogP contribution in [0.4, 0.5) is 0 Å². The van der Waals surface area contributed by atoms with Gasteiger partial charge in [-0.3, -0.25) is 0 Å². The lowest BCUT2D eigenvalue weighted by Gasteiger charge is -2.12. The van der Waals surface area contributed by atoms with Gasteiger partial charge in [0.05, 0.1) is 8.95 Å². The highest BCUT2D eigenvalue weighted by atomic mass is 79.9. The first kappa shape index (κ1) is 16.9. The van der Waals surface area contributed by atoms with Crippen LogP contribution in [-0.4, -0.2) is 11.5 Å². The number of rotatable bonds is 7. The van der Waals surface area contributed by atoms with Crippen LogP contribution in [0, 0.1) is 5.92 Å². The molecule has 0 aliphatic rings. The number of aromatic nitrogens is 1. The van der Waals surface area contributed by atoms with Gasteiger partial charge in [-0.2, -0.15) is 0 Å². The predicted molar refractivity (Wildman–Crippen MR) is 94.8 cm³/mol. The third-order valence-corrected chi connectivity index (χ3v) is 4.69. The Labute approximate surface area is 146 Å². The summed E-state index contributed by atoms with van der Waals surface area (Å²) in [7, 11) is 0. The molecule has 0 aliphatic carbocycles. The van der Waals surface area contributed by atoms with E-state index < -0.39 is 0 Å². The summed E-state index contributed by atoms with van der Waals surface area (Å²) in [5.74, 6) is 1.47. The maximum absolute atomic E-state index is 5.84.